The van der Waals surface area contributed by atoms with Gasteiger partial charge >= 0.3 is 5.97 Å². The van der Waals surface area contributed by atoms with Crippen LogP contribution in [0.25, 0.3) is 0 Å². The fourth-order valence-electron chi connectivity index (χ4n) is 2.32. The number of ether oxygens (including phenoxy) is 2. The van der Waals surface area contributed by atoms with Gasteiger partial charge in [-0.3, -0.25) is 9.69 Å². The molecule has 1 aromatic carbocycles. The molecule has 1 fully saturated rings. The predicted octanol–water partition coefficient (Wildman–Crippen LogP) is 2.47. The van der Waals surface area contributed by atoms with Gasteiger partial charge in [-0.05, 0) is 28.1 Å². The standard InChI is InChI=1S/C14H18BrNO4S/c1-19-12-6-10(15)13(20-2)5-9(12)7-16-3-4-21-8-11(16)14(17)18/h5-6,11H,3-4,7-8H2,1-2H3,(H,17,18). The highest BCUT2D eigenvalue weighted by atomic mass is 79.9. The average Bonchev–Trinajstić information content (AvgIpc) is 2.48. The number of benzene rings is 1. The third kappa shape index (κ3) is 3.84. The van der Waals surface area contributed by atoms with Crippen molar-refractivity contribution >= 4 is 33.7 Å². The molecule has 2 rings (SSSR count). The van der Waals surface area contributed by atoms with Gasteiger partial charge < -0.3 is 14.6 Å². The first-order valence-corrected chi connectivity index (χ1v) is 8.46. The first kappa shape index (κ1) is 16.5. The molecule has 21 heavy (non-hydrogen) atoms. The number of halogens is 1. The number of carboxylic acids is 1. The average molecular weight is 376 g/mol. The molecular weight excluding hydrogens is 358 g/mol. The quantitative estimate of drug-likeness (QED) is 0.852. The van der Waals surface area contributed by atoms with Gasteiger partial charge in [0.05, 0.1) is 18.7 Å². The first-order valence-electron chi connectivity index (χ1n) is 6.51. The van der Waals surface area contributed by atoms with Gasteiger partial charge in [0, 0.05) is 30.2 Å². The Bertz CT molecular complexity index is 526. The molecule has 0 aromatic heterocycles. The maximum absolute atomic E-state index is 11.4. The lowest BCUT2D eigenvalue weighted by atomic mass is 10.1. The Kier molecular flexibility index (Phi) is 5.78. The van der Waals surface area contributed by atoms with Gasteiger partial charge in [0.15, 0.2) is 0 Å². The predicted molar refractivity (Wildman–Crippen MR) is 86.4 cm³/mol. The Morgan fingerprint density at radius 3 is 2.76 bits per heavy atom. The van der Waals surface area contributed by atoms with Crippen LogP contribution in [0.3, 0.4) is 0 Å². The lowest BCUT2D eigenvalue weighted by Crippen LogP contribution is -2.46. The minimum Gasteiger partial charge on any atom is -0.496 e. The summed E-state index contributed by atoms with van der Waals surface area (Å²) in [4.78, 5) is 13.3. The maximum Gasteiger partial charge on any atom is 0.321 e. The third-order valence-corrected chi connectivity index (χ3v) is 5.10. The van der Waals surface area contributed by atoms with E-state index in [2.05, 4.69) is 15.9 Å². The van der Waals surface area contributed by atoms with Crippen molar-refractivity contribution in [2.45, 2.75) is 12.6 Å². The highest BCUT2D eigenvalue weighted by molar-refractivity contribution is 9.10. The number of nitrogens with zero attached hydrogens (tertiary/aromatic N) is 1. The van der Waals surface area contributed by atoms with Gasteiger partial charge in [0.2, 0.25) is 0 Å². The van der Waals surface area contributed by atoms with E-state index in [0.29, 0.717) is 18.0 Å². The van der Waals surface area contributed by atoms with E-state index in [9.17, 15) is 9.90 Å². The molecule has 0 aliphatic carbocycles. The zero-order valence-corrected chi connectivity index (χ0v) is 14.4. The highest BCUT2D eigenvalue weighted by Crippen LogP contribution is 2.34. The Morgan fingerprint density at radius 1 is 1.43 bits per heavy atom. The molecule has 1 N–H and O–H groups in total. The summed E-state index contributed by atoms with van der Waals surface area (Å²) in [5.74, 6) is 2.23. The molecule has 7 heteroatoms. The Labute approximate surface area is 136 Å². The van der Waals surface area contributed by atoms with Crippen molar-refractivity contribution in [3.63, 3.8) is 0 Å². The number of carboxylic acid groups (broad SMARTS) is 1. The minimum absolute atomic E-state index is 0.455. The van der Waals surface area contributed by atoms with Crippen molar-refractivity contribution in [3.8, 4) is 11.5 Å². The summed E-state index contributed by atoms with van der Waals surface area (Å²) in [6, 6.07) is 3.29. The molecule has 0 amide bonds. The minimum atomic E-state index is -0.773. The number of methoxy groups -OCH3 is 2. The second-order valence-corrected chi connectivity index (χ2v) is 6.70. The third-order valence-electron chi connectivity index (χ3n) is 3.45. The normalized spacial score (nSPS) is 19.3. The van der Waals surface area contributed by atoms with E-state index in [4.69, 9.17) is 9.47 Å². The Balaban J connectivity index is 2.26. The molecule has 1 heterocycles. The van der Waals surface area contributed by atoms with E-state index >= 15 is 0 Å². The number of rotatable bonds is 5. The van der Waals surface area contributed by atoms with Gasteiger partial charge in [-0.15, -0.1) is 0 Å². The number of thioether (sulfide) groups is 1. The summed E-state index contributed by atoms with van der Waals surface area (Å²) in [5, 5.41) is 9.34. The molecule has 1 atom stereocenters. The fraction of sp³-hybridized carbons (Fsp3) is 0.500. The molecule has 0 radical (unpaired) electrons. The van der Waals surface area contributed by atoms with E-state index < -0.39 is 12.0 Å². The van der Waals surface area contributed by atoms with Crippen LogP contribution in [0, 0.1) is 0 Å². The monoisotopic (exact) mass is 375 g/mol. The van der Waals surface area contributed by atoms with Gasteiger partial charge in [-0.1, -0.05) is 0 Å². The molecule has 1 unspecified atom stereocenters. The van der Waals surface area contributed by atoms with Crippen molar-refractivity contribution in [2.24, 2.45) is 0 Å². The summed E-state index contributed by atoms with van der Waals surface area (Å²) in [5.41, 5.74) is 0.927. The van der Waals surface area contributed by atoms with Gasteiger partial charge in [-0.2, -0.15) is 11.8 Å². The fourth-order valence-corrected chi connectivity index (χ4v) is 3.91. The van der Waals surface area contributed by atoms with Crippen LogP contribution in [-0.4, -0.2) is 54.3 Å². The van der Waals surface area contributed by atoms with Crippen LogP contribution in [0.5, 0.6) is 11.5 Å². The van der Waals surface area contributed by atoms with Crippen molar-refractivity contribution < 1.29 is 19.4 Å². The summed E-state index contributed by atoms with van der Waals surface area (Å²) in [6.07, 6.45) is 0. The molecule has 1 aliphatic heterocycles. The smallest absolute Gasteiger partial charge is 0.321 e. The summed E-state index contributed by atoms with van der Waals surface area (Å²) in [7, 11) is 3.21. The van der Waals surface area contributed by atoms with Crippen LogP contribution in [0.15, 0.2) is 16.6 Å². The van der Waals surface area contributed by atoms with Crippen molar-refractivity contribution in [3.05, 3.63) is 22.2 Å². The van der Waals surface area contributed by atoms with Crippen LogP contribution in [0.2, 0.25) is 0 Å². The van der Waals surface area contributed by atoms with Crippen molar-refractivity contribution in [1.29, 1.82) is 0 Å². The largest absolute Gasteiger partial charge is 0.496 e. The molecule has 0 saturated carbocycles. The van der Waals surface area contributed by atoms with Crippen LogP contribution in [0.4, 0.5) is 0 Å². The summed E-state index contributed by atoms with van der Waals surface area (Å²) < 4.78 is 11.5. The molecule has 0 spiro atoms. The Hall–Kier alpha value is -0.920. The van der Waals surface area contributed by atoms with Gasteiger partial charge in [0.25, 0.3) is 0 Å². The van der Waals surface area contributed by atoms with E-state index in [1.165, 1.54) is 0 Å². The first-order chi connectivity index (χ1) is 10.1. The number of aliphatic carboxylic acids is 1. The van der Waals surface area contributed by atoms with Crippen LogP contribution in [-0.2, 0) is 11.3 Å². The topological polar surface area (TPSA) is 59.0 Å². The SMILES string of the molecule is COc1cc(CN2CCSCC2C(=O)O)c(OC)cc1Br. The Morgan fingerprint density at radius 2 is 2.14 bits per heavy atom. The van der Waals surface area contributed by atoms with E-state index in [0.717, 1.165) is 28.1 Å². The van der Waals surface area contributed by atoms with E-state index in [-0.39, 0.29) is 0 Å². The molecule has 1 aromatic rings. The maximum atomic E-state index is 11.4. The van der Waals surface area contributed by atoms with Crippen molar-refractivity contribution in [1.82, 2.24) is 4.90 Å². The van der Waals surface area contributed by atoms with Gasteiger partial charge in [-0.25, -0.2) is 0 Å². The highest BCUT2D eigenvalue weighted by Gasteiger charge is 2.29. The lowest BCUT2D eigenvalue weighted by Gasteiger charge is -2.32. The second-order valence-electron chi connectivity index (χ2n) is 4.70. The second kappa shape index (κ2) is 7.38. The molecule has 1 aliphatic rings. The molecule has 1 saturated heterocycles. The zero-order chi connectivity index (χ0) is 15.4. The lowest BCUT2D eigenvalue weighted by molar-refractivity contribution is -0.142. The summed E-state index contributed by atoms with van der Waals surface area (Å²) in [6.45, 7) is 1.29. The van der Waals surface area contributed by atoms with Crippen molar-refractivity contribution in [2.75, 3.05) is 32.3 Å². The zero-order valence-electron chi connectivity index (χ0n) is 12.0. The number of hydrogen-bond acceptors (Lipinski definition) is 5. The van der Waals surface area contributed by atoms with Crippen LogP contribution < -0.4 is 9.47 Å². The molecule has 5 nitrogen and oxygen atoms in total. The van der Waals surface area contributed by atoms with E-state index in [1.54, 1.807) is 26.0 Å². The van der Waals surface area contributed by atoms with Crippen LogP contribution in [0.1, 0.15) is 5.56 Å². The molecular formula is C14H18BrNO4S. The molecule has 116 valence electrons. The van der Waals surface area contributed by atoms with Crippen LogP contribution >= 0.6 is 27.7 Å². The number of hydrogen-bond donors (Lipinski definition) is 1. The summed E-state index contributed by atoms with van der Waals surface area (Å²) >= 11 is 5.11. The van der Waals surface area contributed by atoms with E-state index in [1.807, 2.05) is 17.0 Å². The number of carbonyl (C=O) groups is 1. The van der Waals surface area contributed by atoms with Gasteiger partial charge in [0.1, 0.15) is 17.5 Å². The molecule has 0 bridgehead atoms.